The van der Waals surface area contributed by atoms with Gasteiger partial charge in [0, 0.05) is 12.5 Å². The molecule has 0 spiro atoms. The first-order chi connectivity index (χ1) is 9.06. The van der Waals surface area contributed by atoms with Gasteiger partial charge < -0.3 is 4.74 Å². The standard InChI is InChI=1S/C14H14N2O3/c1-9-12(14(18)19-3)13(15-16(9)10(2)17)11-7-5-4-6-8-11/h4-8H,1-3H3. The molecule has 1 aromatic carbocycles. The van der Waals surface area contributed by atoms with E-state index in [1.807, 2.05) is 30.3 Å². The quantitative estimate of drug-likeness (QED) is 0.775. The third-order valence-electron chi connectivity index (χ3n) is 2.85. The van der Waals surface area contributed by atoms with Gasteiger partial charge in [0.15, 0.2) is 0 Å². The SMILES string of the molecule is COC(=O)c1c(-c2ccccc2)nn(C(C)=O)c1C. The van der Waals surface area contributed by atoms with Crippen LogP contribution in [0.1, 0.15) is 27.8 Å². The first kappa shape index (κ1) is 13.0. The Hall–Kier alpha value is -2.43. The number of carbonyl (C=O) groups excluding carboxylic acids is 2. The lowest BCUT2D eigenvalue weighted by molar-refractivity contribution is 0.0601. The molecule has 5 nitrogen and oxygen atoms in total. The number of methoxy groups -OCH3 is 1. The normalized spacial score (nSPS) is 10.3. The average molecular weight is 258 g/mol. The molecule has 19 heavy (non-hydrogen) atoms. The van der Waals surface area contributed by atoms with Crippen LogP contribution in [0.2, 0.25) is 0 Å². The molecule has 0 atom stereocenters. The number of nitrogens with zero attached hydrogens (tertiary/aromatic N) is 2. The highest BCUT2D eigenvalue weighted by atomic mass is 16.5. The lowest BCUT2D eigenvalue weighted by Crippen LogP contribution is -2.11. The average Bonchev–Trinajstić information content (AvgIpc) is 2.77. The fraction of sp³-hybridized carbons (Fsp3) is 0.214. The number of benzene rings is 1. The van der Waals surface area contributed by atoms with Gasteiger partial charge in [0.2, 0.25) is 5.91 Å². The van der Waals surface area contributed by atoms with Gasteiger partial charge in [0.05, 0.1) is 12.8 Å². The number of hydrogen-bond acceptors (Lipinski definition) is 4. The number of carbonyl (C=O) groups is 2. The Balaban J connectivity index is 2.69. The molecule has 2 aromatic rings. The molecule has 0 radical (unpaired) electrons. The molecule has 0 saturated heterocycles. The fourth-order valence-corrected chi connectivity index (χ4v) is 1.95. The first-order valence-electron chi connectivity index (χ1n) is 5.80. The number of rotatable bonds is 2. The summed E-state index contributed by atoms with van der Waals surface area (Å²) >= 11 is 0. The monoisotopic (exact) mass is 258 g/mol. The van der Waals surface area contributed by atoms with Gasteiger partial charge >= 0.3 is 5.97 Å². The minimum Gasteiger partial charge on any atom is -0.465 e. The van der Waals surface area contributed by atoms with Gasteiger partial charge in [-0.05, 0) is 6.92 Å². The molecule has 0 aliphatic carbocycles. The summed E-state index contributed by atoms with van der Waals surface area (Å²) in [7, 11) is 1.31. The van der Waals surface area contributed by atoms with Crippen molar-refractivity contribution in [2.24, 2.45) is 0 Å². The fourth-order valence-electron chi connectivity index (χ4n) is 1.95. The van der Waals surface area contributed by atoms with Crippen LogP contribution in [0.5, 0.6) is 0 Å². The van der Waals surface area contributed by atoms with Crippen LogP contribution < -0.4 is 0 Å². The Morgan fingerprint density at radius 2 is 1.84 bits per heavy atom. The van der Waals surface area contributed by atoms with Gasteiger partial charge in [0.25, 0.3) is 0 Å². The Kier molecular flexibility index (Phi) is 3.46. The van der Waals surface area contributed by atoms with Gasteiger partial charge in [-0.1, -0.05) is 30.3 Å². The maximum Gasteiger partial charge on any atom is 0.342 e. The highest BCUT2D eigenvalue weighted by molar-refractivity contribution is 5.98. The molecular weight excluding hydrogens is 244 g/mol. The molecular formula is C14H14N2O3. The van der Waals surface area contributed by atoms with E-state index in [0.29, 0.717) is 17.0 Å². The predicted octanol–water partition coefficient (Wildman–Crippen LogP) is 2.31. The smallest absolute Gasteiger partial charge is 0.342 e. The first-order valence-corrected chi connectivity index (χ1v) is 5.80. The lowest BCUT2D eigenvalue weighted by Gasteiger charge is -2.01. The van der Waals surface area contributed by atoms with Crippen molar-refractivity contribution in [1.82, 2.24) is 9.78 Å². The van der Waals surface area contributed by atoms with Gasteiger partial charge in [-0.15, -0.1) is 0 Å². The van der Waals surface area contributed by atoms with Crippen molar-refractivity contribution in [3.8, 4) is 11.3 Å². The maximum absolute atomic E-state index is 11.9. The topological polar surface area (TPSA) is 61.2 Å². The molecule has 0 unspecified atom stereocenters. The van der Waals surface area contributed by atoms with Crippen molar-refractivity contribution in [3.05, 3.63) is 41.6 Å². The minimum atomic E-state index is -0.496. The van der Waals surface area contributed by atoms with E-state index in [4.69, 9.17) is 4.74 Å². The van der Waals surface area contributed by atoms with Gasteiger partial charge in [-0.25, -0.2) is 9.48 Å². The molecule has 1 aromatic heterocycles. The molecule has 0 aliphatic heterocycles. The van der Waals surface area contributed by atoms with Crippen molar-refractivity contribution < 1.29 is 14.3 Å². The van der Waals surface area contributed by atoms with Crippen LogP contribution in [0.15, 0.2) is 30.3 Å². The summed E-state index contributed by atoms with van der Waals surface area (Å²) in [6.45, 7) is 3.07. The lowest BCUT2D eigenvalue weighted by atomic mass is 10.1. The number of hydrogen-bond donors (Lipinski definition) is 0. The summed E-state index contributed by atoms with van der Waals surface area (Å²) in [5.41, 5.74) is 2.04. The highest BCUT2D eigenvalue weighted by Gasteiger charge is 2.24. The molecule has 2 rings (SSSR count). The van der Waals surface area contributed by atoms with E-state index in [1.165, 1.54) is 18.7 Å². The summed E-state index contributed by atoms with van der Waals surface area (Å²) < 4.78 is 5.99. The second kappa shape index (κ2) is 5.06. The summed E-state index contributed by atoms with van der Waals surface area (Å²) in [5.74, 6) is -0.742. The molecule has 0 amide bonds. The van der Waals surface area contributed by atoms with Crippen molar-refractivity contribution in [2.75, 3.05) is 7.11 Å². The van der Waals surface area contributed by atoms with E-state index in [-0.39, 0.29) is 5.91 Å². The zero-order valence-electron chi connectivity index (χ0n) is 11.0. The Morgan fingerprint density at radius 1 is 1.21 bits per heavy atom. The van der Waals surface area contributed by atoms with Crippen LogP contribution in [0.25, 0.3) is 11.3 Å². The predicted molar refractivity (Wildman–Crippen MR) is 70.0 cm³/mol. The molecule has 0 fully saturated rings. The molecule has 0 aliphatic rings. The van der Waals surface area contributed by atoms with Crippen LogP contribution in [0.3, 0.4) is 0 Å². The highest BCUT2D eigenvalue weighted by Crippen LogP contribution is 2.25. The Bertz CT molecular complexity index is 630. The van der Waals surface area contributed by atoms with Crippen molar-refractivity contribution >= 4 is 11.9 Å². The van der Waals surface area contributed by atoms with Gasteiger partial charge in [0.1, 0.15) is 11.3 Å². The molecule has 5 heteroatoms. The van der Waals surface area contributed by atoms with Crippen molar-refractivity contribution in [1.29, 1.82) is 0 Å². The van der Waals surface area contributed by atoms with Gasteiger partial charge in [-0.2, -0.15) is 5.10 Å². The zero-order chi connectivity index (χ0) is 14.0. The molecule has 98 valence electrons. The number of ether oxygens (including phenoxy) is 1. The molecule has 1 heterocycles. The number of aromatic nitrogens is 2. The second-order valence-electron chi connectivity index (χ2n) is 4.10. The zero-order valence-corrected chi connectivity index (χ0v) is 11.0. The second-order valence-corrected chi connectivity index (χ2v) is 4.10. The van der Waals surface area contributed by atoms with E-state index in [0.717, 1.165) is 5.56 Å². The largest absolute Gasteiger partial charge is 0.465 e. The summed E-state index contributed by atoms with van der Waals surface area (Å²) in [6.07, 6.45) is 0. The summed E-state index contributed by atoms with van der Waals surface area (Å²) in [5, 5.41) is 4.21. The summed E-state index contributed by atoms with van der Waals surface area (Å²) in [4.78, 5) is 23.4. The van der Waals surface area contributed by atoms with Crippen LogP contribution in [0, 0.1) is 6.92 Å². The van der Waals surface area contributed by atoms with E-state index >= 15 is 0 Å². The molecule has 0 saturated carbocycles. The van der Waals surface area contributed by atoms with E-state index in [9.17, 15) is 9.59 Å². The maximum atomic E-state index is 11.9. The third-order valence-corrected chi connectivity index (χ3v) is 2.85. The summed E-state index contributed by atoms with van der Waals surface area (Å²) in [6, 6.07) is 9.23. The van der Waals surface area contributed by atoms with E-state index in [1.54, 1.807) is 6.92 Å². The van der Waals surface area contributed by atoms with Crippen LogP contribution in [0.4, 0.5) is 0 Å². The number of esters is 1. The Labute approximate surface area is 110 Å². The van der Waals surface area contributed by atoms with E-state index < -0.39 is 5.97 Å². The van der Waals surface area contributed by atoms with Crippen LogP contribution in [-0.4, -0.2) is 28.8 Å². The third kappa shape index (κ3) is 2.27. The van der Waals surface area contributed by atoms with Crippen LogP contribution in [-0.2, 0) is 4.74 Å². The minimum absolute atomic E-state index is 0.246. The molecule has 0 bridgehead atoms. The van der Waals surface area contributed by atoms with E-state index in [2.05, 4.69) is 5.10 Å². The molecule has 0 N–H and O–H groups in total. The van der Waals surface area contributed by atoms with Gasteiger partial charge in [-0.3, -0.25) is 4.79 Å². The van der Waals surface area contributed by atoms with Crippen molar-refractivity contribution in [2.45, 2.75) is 13.8 Å². The van der Waals surface area contributed by atoms with Crippen LogP contribution >= 0.6 is 0 Å². The van der Waals surface area contributed by atoms with Crippen molar-refractivity contribution in [3.63, 3.8) is 0 Å². The Morgan fingerprint density at radius 3 is 2.37 bits per heavy atom.